The fraction of sp³-hybridized carbons (Fsp3) is 0.667. The predicted molar refractivity (Wildman–Crippen MR) is 107 cm³/mol. The lowest BCUT2D eigenvalue weighted by molar-refractivity contribution is 0.129. The van der Waals surface area contributed by atoms with Gasteiger partial charge < -0.3 is 14.2 Å². The molecule has 0 bridgehead atoms. The van der Waals surface area contributed by atoms with Crippen LogP contribution in [-0.4, -0.2) is 63.4 Å². The van der Waals surface area contributed by atoms with E-state index in [1.54, 1.807) is 14.2 Å². The zero-order chi connectivity index (χ0) is 19.5. The minimum atomic E-state index is 0.605. The number of hydrogen-bond donors (Lipinski definition) is 0. The number of ether oxygens (including phenoxy) is 3. The van der Waals surface area contributed by atoms with E-state index in [-0.39, 0.29) is 0 Å². The SMILES string of the molecule is CCCCCOc1c(OC)cc(CN2CCN(CCC#N)CC2)cc1OC. The summed E-state index contributed by atoms with van der Waals surface area (Å²) in [5, 5.41) is 8.72. The molecule has 1 heterocycles. The highest BCUT2D eigenvalue weighted by molar-refractivity contribution is 5.53. The van der Waals surface area contributed by atoms with Crippen molar-refractivity contribution < 1.29 is 14.2 Å². The van der Waals surface area contributed by atoms with Gasteiger partial charge in [-0.2, -0.15) is 5.26 Å². The highest BCUT2D eigenvalue weighted by Crippen LogP contribution is 2.39. The fourth-order valence-electron chi connectivity index (χ4n) is 3.33. The van der Waals surface area contributed by atoms with Gasteiger partial charge in [-0.1, -0.05) is 19.8 Å². The molecule has 0 radical (unpaired) electrons. The van der Waals surface area contributed by atoms with Gasteiger partial charge in [0.2, 0.25) is 5.75 Å². The van der Waals surface area contributed by atoms with Gasteiger partial charge in [-0.05, 0) is 24.1 Å². The van der Waals surface area contributed by atoms with E-state index in [9.17, 15) is 0 Å². The highest BCUT2D eigenvalue weighted by Gasteiger charge is 2.19. The van der Waals surface area contributed by atoms with E-state index < -0.39 is 0 Å². The molecule has 150 valence electrons. The Kier molecular flexibility index (Phi) is 9.23. The third-order valence-electron chi connectivity index (χ3n) is 4.93. The molecule has 1 aromatic rings. The lowest BCUT2D eigenvalue weighted by atomic mass is 10.1. The van der Waals surface area contributed by atoms with E-state index in [0.29, 0.717) is 18.8 Å². The molecular weight excluding hydrogens is 342 g/mol. The number of hydrogen-bond acceptors (Lipinski definition) is 6. The summed E-state index contributed by atoms with van der Waals surface area (Å²) in [6.45, 7) is 8.61. The van der Waals surface area contributed by atoms with Crippen molar-refractivity contribution in [2.45, 2.75) is 39.2 Å². The van der Waals surface area contributed by atoms with Crippen LogP contribution in [0.1, 0.15) is 38.2 Å². The van der Waals surface area contributed by atoms with Crippen LogP contribution in [0, 0.1) is 11.3 Å². The Balaban J connectivity index is 1.98. The summed E-state index contributed by atoms with van der Waals surface area (Å²) >= 11 is 0. The van der Waals surface area contributed by atoms with Crippen LogP contribution in [0.25, 0.3) is 0 Å². The third-order valence-corrected chi connectivity index (χ3v) is 4.93. The van der Waals surface area contributed by atoms with Gasteiger partial charge in [0, 0.05) is 45.7 Å². The molecule has 1 aliphatic rings. The second-order valence-electron chi connectivity index (χ2n) is 6.91. The number of nitriles is 1. The van der Waals surface area contributed by atoms with Crippen LogP contribution >= 0.6 is 0 Å². The Hall–Kier alpha value is -1.97. The average molecular weight is 376 g/mol. The Bertz CT molecular complexity index is 582. The first kappa shape index (κ1) is 21.3. The predicted octanol–water partition coefficient (Wildman–Crippen LogP) is 3.30. The molecule has 0 N–H and O–H groups in total. The zero-order valence-electron chi connectivity index (χ0n) is 17.0. The topological polar surface area (TPSA) is 58.0 Å². The largest absolute Gasteiger partial charge is 0.493 e. The van der Waals surface area contributed by atoms with Gasteiger partial charge in [0.05, 0.1) is 26.9 Å². The maximum absolute atomic E-state index is 8.72. The standard InChI is InChI=1S/C21H33N3O3/c1-4-5-6-14-27-21-19(25-2)15-18(16-20(21)26-3)17-24-12-10-23(11-13-24)9-7-8-22/h15-16H,4-7,9-14,17H2,1-3H3. The van der Waals surface area contributed by atoms with Crippen LogP contribution in [-0.2, 0) is 6.54 Å². The maximum Gasteiger partial charge on any atom is 0.203 e. The van der Waals surface area contributed by atoms with Crippen LogP contribution in [0.4, 0.5) is 0 Å². The van der Waals surface area contributed by atoms with Gasteiger partial charge >= 0.3 is 0 Å². The molecule has 0 spiro atoms. The van der Waals surface area contributed by atoms with Crippen molar-refractivity contribution in [2.24, 2.45) is 0 Å². The van der Waals surface area contributed by atoms with Gasteiger partial charge in [-0.3, -0.25) is 9.80 Å². The van der Waals surface area contributed by atoms with E-state index >= 15 is 0 Å². The van der Waals surface area contributed by atoms with E-state index in [0.717, 1.165) is 69.2 Å². The molecule has 1 aliphatic heterocycles. The van der Waals surface area contributed by atoms with Crippen molar-refractivity contribution in [1.29, 1.82) is 5.26 Å². The zero-order valence-corrected chi connectivity index (χ0v) is 17.0. The van der Waals surface area contributed by atoms with E-state index in [1.807, 2.05) is 0 Å². The van der Waals surface area contributed by atoms with Crippen molar-refractivity contribution in [3.05, 3.63) is 17.7 Å². The van der Waals surface area contributed by atoms with Gasteiger partial charge in [-0.15, -0.1) is 0 Å². The number of piperazine rings is 1. The summed E-state index contributed by atoms with van der Waals surface area (Å²) in [4.78, 5) is 4.78. The number of methoxy groups -OCH3 is 2. The lowest BCUT2D eigenvalue weighted by Crippen LogP contribution is -2.46. The quantitative estimate of drug-likeness (QED) is 0.553. The summed E-state index contributed by atoms with van der Waals surface area (Å²) in [5.74, 6) is 2.16. The highest BCUT2D eigenvalue weighted by atomic mass is 16.5. The molecular formula is C21H33N3O3. The number of unbranched alkanes of at least 4 members (excludes halogenated alkanes) is 2. The van der Waals surface area contributed by atoms with Crippen LogP contribution in [0.5, 0.6) is 17.2 Å². The minimum Gasteiger partial charge on any atom is -0.493 e. The number of rotatable bonds is 11. The van der Waals surface area contributed by atoms with Crippen molar-refractivity contribution in [3.63, 3.8) is 0 Å². The molecule has 1 fully saturated rings. The average Bonchev–Trinajstić information content (AvgIpc) is 2.70. The first-order valence-corrected chi connectivity index (χ1v) is 9.91. The summed E-state index contributed by atoms with van der Waals surface area (Å²) in [6.07, 6.45) is 3.96. The van der Waals surface area contributed by atoms with Gasteiger partial charge in [0.1, 0.15) is 0 Å². The van der Waals surface area contributed by atoms with Crippen LogP contribution in [0.3, 0.4) is 0 Å². The van der Waals surface area contributed by atoms with E-state index in [2.05, 4.69) is 34.9 Å². The van der Waals surface area contributed by atoms with Crippen molar-refractivity contribution in [2.75, 3.05) is 53.6 Å². The molecule has 0 unspecified atom stereocenters. The molecule has 0 amide bonds. The molecule has 0 atom stereocenters. The summed E-state index contributed by atoms with van der Waals surface area (Å²) < 4.78 is 17.1. The minimum absolute atomic E-state index is 0.605. The lowest BCUT2D eigenvalue weighted by Gasteiger charge is -2.34. The normalized spacial score (nSPS) is 15.3. The first-order valence-electron chi connectivity index (χ1n) is 9.91. The molecule has 1 aromatic carbocycles. The Morgan fingerprint density at radius 2 is 1.63 bits per heavy atom. The molecule has 6 nitrogen and oxygen atoms in total. The maximum atomic E-state index is 8.72. The second-order valence-corrected chi connectivity index (χ2v) is 6.91. The van der Waals surface area contributed by atoms with Crippen LogP contribution in [0.2, 0.25) is 0 Å². The van der Waals surface area contributed by atoms with E-state index in [4.69, 9.17) is 19.5 Å². The molecule has 0 aliphatic carbocycles. The monoisotopic (exact) mass is 375 g/mol. The van der Waals surface area contributed by atoms with Gasteiger partial charge in [0.15, 0.2) is 11.5 Å². The van der Waals surface area contributed by atoms with E-state index in [1.165, 1.54) is 6.42 Å². The summed E-state index contributed by atoms with van der Waals surface area (Å²) in [5.41, 5.74) is 1.16. The number of benzene rings is 1. The molecule has 6 heteroatoms. The third kappa shape index (κ3) is 6.60. The molecule has 0 aromatic heterocycles. The van der Waals surface area contributed by atoms with Crippen molar-refractivity contribution in [3.8, 4) is 23.3 Å². The Morgan fingerprint density at radius 3 is 2.19 bits per heavy atom. The van der Waals surface area contributed by atoms with Gasteiger partial charge in [0.25, 0.3) is 0 Å². The smallest absolute Gasteiger partial charge is 0.203 e. The fourth-order valence-corrected chi connectivity index (χ4v) is 3.33. The molecule has 0 saturated carbocycles. The van der Waals surface area contributed by atoms with Crippen molar-refractivity contribution >= 4 is 0 Å². The van der Waals surface area contributed by atoms with Crippen LogP contribution < -0.4 is 14.2 Å². The second kappa shape index (κ2) is 11.7. The van der Waals surface area contributed by atoms with Gasteiger partial charge in [-0.25, -0.2) is 0 Å². The van der Waals surface area contributed by atoms with Crippen molar-refractivity contribution in [1.82, 2.24) is 9.80 Å². The first-order chi connectivity index (χ1) is 13.2. The summed E-state index contributed by atoms with van der Waals surface area (Å²) in [7, 11) is 3.34. The Labute approximate surface area is 163 Å². The Morgan fingerprint density at radius 1 is 1.00 bits per heavy atom. The summed E-state index contributed by atoms with van der Waals surface area (Å²) in [6, 6.07) is 6.33. The van der Waals surface area contributed by atoms with Crippen LogP contribution in [0.15, 0.2) is 12.1 Å². The number of nitrogens with zero attached hydrogens (tertiary/aromatic N) is 3. The molecule has 27 heavy (non-hydrogen) atoms. The molecule has 2 rings (SSSR count). The molecule has 1 saturated heterocycles.